The summed E-state index contributed by atoms with van der Waals surface area (Å²) in [7, 11) is 8.02. The van der Waals surface area contributed by atoms with Gasteiger partial charge < -0.3 is 28.7 Å². The van der Waals surface area contributed by atoms with E-state index < -0.39 is 11.9 Å². The van der Waals surface area contributed by atoms with Crippen LogP contribution in [0.5, 0.6) is 17.2 Å². The predicted octanol–water partition coefficient (Wildman–Crippen LogP) is 3.04. The second kappa shape index (κ2) is 14.2. The zero-order valence-electron chi connectivity index (χ0n) is 25.6. The van der Waals surface area contributed by atoms with E-state index in [-0.39, 0.29) is 31.2 Å². The number of nitrogens with zero attached hydrogens (tertiary/aromatic N) is 5. The maximum atomic E-state index is 13.8. The summed E-state index contributed by atoms with van der Waals surface area (Å²) in [5, 5.41) is 10.6. The van der Waals surface area contributed by atoms with Crippen molar-refractivity contribution in [2.45, 2.75) is 51.0 Å². The van der Waals surface area contributed by atoms with Crippen molar-refractivity contribution in [1.29, 1.82) is 0 Å². The molecule has 0 saturated carbocycles. The SMILES string of the molecule is CCCCN(CCC[N+](C)(C)C)C(=O)CN1CC(c2cc(OC)c3c(c2)OCO3)C(C(=O)O)C1CCc1ccncn1. The number of hydrogen-bond acceptors (Lipinski definition) is 8. The smallest absolute Gasteiger partial charge is 0.308 e. The molecule has 3 heterocycles. The second-order valence-corrected chi connectivity index (χ2v) is 12.3. The minimum absolute atomic E-state index is 0.0463. The molecule has 1 N–H and O–H groups in total. The van der Waals surface area contributed by atoms with Crippen LogP contribution in [0.15, 0.2) is 30.7 Å². The fourth-order valence-electron chi connectivity index (χ4n) is 6.04. The molecule has 1 aromatic heterocycles. The van der Waals surface area contributed by atoms with E-state index in [1.165, 1.54) is 6.33 Å². The monoisotopic (exact) mass is 584 g/mol. The van der Waals surface area contributed by atoms with Crippen LogP contribution >= 0.6 is 0 Å². The Morgan fingerprint density at radius 1 is 1.19 bits per heavy atom. The van der Waals surface area contributed by atoms with E-state index >= 15 is 0 Å². The number of aryl methyl sites for hydroxylation is 1. The van der Waals surface area contributed by atoms with Gasteiger partial charge in [0.1, 0.15) is 6.33 Å². The van der Waals surface area contributed by atoms with Gasteiger partial charge in [0.25, 0.3) is 0 Å². The van der Waals surface area contributed by atoms with Gasteiger partial charge in [0.2, 0.25) is 18.4 Å². The zero-order valence-corrected chi connectivity index (χ0v) is 25.6. The van der Waals surface area contributed by atoms with Crippen LogP contribution in [0, 0.1) is 5.92 Å². The van der Waals surface area contributed by atoms with Gasteiger partial charge in [-0.1, -0.05) is 13.3 Å². The van der Waals surface area contributed by atoms with Crippen LogP contribution in [-0.2, 0) is 16.0 Å². The number of hydrogen-bond donors (Lipinski definition) is 1. The number of methoxy groups -OCH3 is 1. The molecule has 2 aliphatic rings. The van der Waals surface area contributed by atoms with Crippen LogP contribution < -0.4 is 14.2 Å². The number of amides is 1. The van der Waals surface area contributed by atoms with Crippen molar-refractivity contribution in [2.75, 3.05) is 67.8 Å². The first-order chi connectivity index (χ1) is 20.1. The third-order valence-corrected chi connectivity index (χ3v) is 8.21. The standard InChI is InChI=1S/C31H45N5O6/c1-6-7-13-34(14-8-15-36(2,3)4)28(37)19-35-18-24(22-16-26(40-5)30-27(17-22)41-21-42-30)29(31(38)39)25(35)10-9-23-11-12-32-20-33-23/h11-12,16-17,20,24-25,29H,6-10,13-15,18-19,21H2,1-5H3/p+1. The fourth-order valence-corrected chi connectivity index (χ4v) is 6.04. The third-order valence-electron chi connectivity index (χ3n) is 8.21. The Labute approximate surface area is 249 Å². The van der Waals surface area contributed by atoms with E-state index in [1.807, 2.05) is 23.1 Å². The summed E-state index contributed by atoms with van der Waals surface area (Å²) in [6.45, 7) is 5.18. The molecule has 1 fully saturated rings. The average molecular weight is 585 g/mol. The molecule has 2 aromatic rings. The number of rotatable bonds is 15. The van der Waals surface area contributed by atoms with Crippen LogP contribution in [0.25, 0.3) is 0 Å². The number of carboxylic acids is 1. The molecule has 0 spiro atoms. The minimum atomic E-state index is -0.884. The van der Waals surface area contributed by atoms with E-state index in [2.05, 4.69) is 42.9 Å². The van der Waals surface area contributed by atoms with Crippen molar-refractivity contribution in [3.63, 3.8) is 0 Å². The number of benzene rings is 1. The zero-order chi connectivity index (χ0) is 30.3. The third kappa shape index (κ3) is 7.89. The quantitative estimate of drug-likeness (QED) is 0.316. The molecule has 0 bridgehead atoms. The molecule has 1 amide bonds. The van der Waals surface area contributed by atoms with E-state index in [0.29, 0.717) is 49.7 Å². The lowest BCUT2D eigenvalue weighted by Crippen LogP contribution is -2.45. The number of aromatic nitrogens is 2. The molecular weight excluding hydrogens is 538 g/mol. The molecular formula is C31H46N5O6+. The first-order valence-corrected chi connectivity index (χ1v) is 14.9. The van der Waals surface area contributed by atoms with E-state index in [1.54, 1.807) is 13.3 Å². The average Bonchev–Trinajstić information content (AvgIpc) is 3.58. The van der Waals surface area contributed by atoms with Gasteiger partial charge in [-0.15, -0.1) is 0 Å². The molecule has 4 rings (SSSR count). The maximum absolute atomic E-state index is 13.8. The highest BCUT2D eigenvalue weighted by molar-refractivity contribution is 5.79. The number of aliphatic carboxylic acids is 1. The van der Waals surface area contributed by atoms with Gasteiger partial charge in [0.05, 0.1) is 47.3 Å². The largest absolute Gasteiger partial charge is 0.493 e. The highest BCUT2D eigenvalue weighted by Gasteiger charge is 2.47. The van der Waals surface area contributed by atoms with E-state index in [9.17, 15) is 14.7 Å². The molecule has 0 radical (unpaired) electrons. The number of carbonyl (C=O) groups excluding carboxylic acids is 1. The summed E-state index contributed by atoms with van der Waals surface area (Å²) in [6, 6.07) is 5.19. The normalized spacial score (nSPS) is 20.1. The van der Waals surface area contributed by atoms with E-state index in [0.717, 1.165) is 41.5 Å². The highest BCUT2D eigenvalue weighted by Crippen LogP contribution is 2.47. The Balaban J connectivity index is 1.61. The van der Waals surface area contributed by atoms with Crippen molar-refractivity contribution in [1.82, 2.24) is 19.8 Å². The molecule has 1 aromatic carbocycles. The van der Waals surface area contributed by atoms with Gasteiger partial charge in [-0.2, -0.15) is 0 Å². The predicted molar refractivity (Wildman–Crippen MR) is 158 cm³/mol. The highest BCUT2D eigenvalue weighted by atomic mass is 16.7. The van der Waals surface area contributed by atoms with Gasteiger partial charge in [0.15, 0.2) is 11.5 Å². The summed E-state index contributed by atoms with van der Waals surface area (Å²) in [6.07, 6.45) is 7.18. The Hall–Kier alpha value is -3.44. The number of likely N-dealkylation sites (tertiary alicyclic amines) is 1. The first kappa shape index (κ1) is 31.5. The lowest BCUT2D eigenvalue weighted by atomic mass is 9.83. The fraction of sp³-hybridized carbons (Fsp3) is 0.613. The summed E-state index contributed by atoms with van der Waals surface area (Å²) in [4.78, 5) is 39.1. The minimum Gasteiger partial charge on any atom is -0.493 e. The number of quaternary nitrogens is 1. The number of carboxylic acid groups (broad SMARTS) is 1. The number of carbonyl (C=O) groups is 2. The van der Waals surface area contributed by atoms with Crippen molar-refractivity contribution in [3.05, 3.63) is 42.0 Å². The summed E-state index contributed by atoms with van der Waals surface area (Å²) < 4.78 is 17.6. The molecule has 2 aliphatic heterocycles. The molecule has 3 atom stereocenters. The van der Waals surface area contributed by atoms with Crippen molar-refractivity contribution in [3.8, 4) is 17.2 Å². The van der Waals surface area contributed by atoms with Crippen LogP contribution in [0.3, 0.4) is 0 Å². The molecule has 11 heteroatoms. The maximum Gasteiger partial charge on any atom is 0.308 e. The van der Waals surface area contributed by atoms with Gasteiger partial charge in [-0.05, 0) is 43.0 Å². The summed E-state index contributed by atoms with van der Waals surface area (Å²) in [5.74, 6) is -0.347. The Morgan fingerprint density at radius 3 is 2.64 bits per heavy atom. The number of unbranched alkanes of at least 4 members (excludes halogenated alkanes) is 1. The Morgan fingerprint density at radius 2 is 1.98 bits per heavy atom. The van der Waals surface area contributed by atoms with Gasteiger partial charge >= 0.3 is 5.97 Å². The van der Waals surface area contributed by atoms with Crippen LogP contribution in [-0.4, -0.2) is 115 Å². The molecule has 42 heavy (non-hydrogen) atoms. The topological polar surface area (TPSA) is 114 Å². The van der Waals surface area contributed by atoms with Crippen molar-refractivity contribution >= 4 is 11.9 Å². The van der Waals surface area contributed by atoms with Crippen LogP contribution in [0.4, 0.5) is 0 Å². The van der Waals surface area contributed by atoms with Crippen molar-refractivity contribution < 1.29 is 33.4 Å². The van der Waals surface area contributed by atoms with Gasteiger partial charge in [0, 0.05) is 49.9 Å². The van der Waals surface area contributed by atoms with Gasteiger partial charge in [-0.25, -0.2) is 9.97 Å². The molecule has 1 saturated heterocycles. The first-order valence-electron chi connectivity index (χ1n) is 14.9. The van der Waals surface area contributed by atoms with Crippen LogP contribution in [0.1, 0.15) is 49.8 Å². The number of fused-ring (bicyclic) bond motifs is 1. The van der Waals surface area contributed by atoms with E-state index in [4.69, 9.17) is 14.2 Å². The Bertz CT molecular complexity index is 1200. The molecule has 11 nitrogen and oxygen atoms in total. The Kier molecular flexibility index (Phi) is 10.6. The molecule has 0 aliphatic carbocycles. The summed E-state index contributed by atoms with van der Waals surface area (Å²) in [5.41, 5.74) is 1.65. The van der Waals surface area contributed by atoms with Gasteiger partial charge in [-0.3, -0.25) is 14.5 Å². The lowest BCUT2D eigenvalue weighted by Gasteiger charge is -2.30. The second-order valence-electron chi connectivity index (χ2n) is 12.3. The summed E-state index contributed by atoms with van der Waals surface area (Å²) >= 11 is 0. The lowest BCUT2D eigenvalue weighted by molar-refractivity contribution is -0.870. The molecule has 3 unspecified atom stereocenters. The van der Waals surface area contributed by atoms with Crippen LogP contribution in [0.2, 0.25) is 0 Å². The molecule has 230 valence electrons. The number of ether oxygens (including phenoxy) is 3. The van der Waals surface area contributed by atoms with Crippen molar-refractivity contribution in [2.24, 2.45) is 5.92 Å².